The summed E-state index contributed by atoms with van der Waals surface area (Å²) in [6.45, 7) is 4.32. The maximum atomic E-state index is 11.7. The molecular formula is C15H17ClOSe. The molecule has 0 saturated heterocycles. The van der Waals surface area contributed by atoms with Gasteiger partial charge in [0.15, 0.2) is 0 Å². The molecule has 0 spiro atoms. The molecule has 18 heavy (non-hydrogen) atoms. The monoisotopic (exact) mass is 328 g/mol. The van der Waals surface area contributed by atoms with Crippen molar-refractivity contribution in [3.05, 3.63) is 40.9 Å². The van der Waals surface area contributed by atoms with E-state index in [4.69, 9.17) is 11.6 Å². The van der Waals surface area contributed by atoms with Gasteiger partial charge in [0.05, 0.1) is 0 Å². The average molecular weight is 328 g/mol. The second kappa shape index (κ2) is 5.61. The Labute approximate surface area is 120 Å². The topological polar surface area (TPSA) is 17.1 Å². The fourth-order valence-corrected chi connectivity index (χ4v) is 5.27. The minimum atomic E-state index is -0.181. The summed E-state index contributed by atoms with van der Waals surface area (Å²) in [5, 5.41) is 0.752. The number of hydrogen-bond donors (Lipinski definition) is 0. The summed E-state index contributed by atoms with van der Waals surface area (Å²) in [6.07, 6.45) is 5.38. The van der Waals surface area contributed by atoms with Crippen LogP contribution in [0.2, 0.25) is 9.34 Å². The van der Waals surface area contributed by atoms with E-state index < -0.39 is 0 Å². The molecule has 3 heteroatoms. The molecule has 0 unspecified atom stereocenters. The molecule has 1 nitrogen and oxygen atoms in total. The van der Waals surface area contributed by atoms with Gasteiger partial charge in [-0.1, -0.05) is 0 Å². The first-order chi connectivity index (χ1) is 8.55. The van der Waals surface area contributed by atoms with E-state index in [9.17, 15) is 4.79 Å². The van der Waals surface area contributed by atoms with Gasteiger partial charge in [-0.3, -0.25) is 0 Å². The fourth-order valence-electron chi connectivity index (χ4n) is 2.30. The van der Waals surface area contributed by atoms with E-state index in [1.165, 1.54) is 16.3 Å². The van der Waals surface area contributed by atoms with E-state index in [0.717, 1.165) is 17.9 Å². The summed E-state index contributed by atoms with van der Waals surface area (Å²) >= 11 is 6.06. The number of rotatable bonds is 3. The van der Waals surface area contributed by atoms with Crippen molar-refractivity contribution >= 4 is 37.3 Å². The van der Waals surface area contributed by atoms with Crippen LogP contribution in [0, 0.1) is 5.92 Å². The van der Waals surface area contributed by atoms with E-state index in [1.807, 2.05) is 24.3 Å². The summed E-state index contributed by atoms with van der Waals surface area (Å²) < 4.78 is 1.07. The van der Waals surface area contributed by atoms with Gasteiger partial charge in [-0.25, -0.2) is 0 Å². The number of benzene rings is 1. The van der Waals surface area contributed by atoms with Crippen LogP contribution in [-0.4, -0.2) is 21.2 Å². The second-order valence-corrected chi connectivity index (χ2v) is 8.44. The third-order valence-corrected chi connectivity index (χ3v) is 6.99. The molecule has 1 aliphatic rings. The van der Waals surface area contributed by atoms with Crippen LogP contribution in [-0.2, 0) is 4.79 Å². The van der Waals surface area contributed by atoms with E-state index in [0.29, 0.717) is 5.92 Å². The van der Waals surface area contributed by atoms with Crippen molar-refractivity contribution < 1.29 is 4.79 Å². The van der Waals surface area contributed by atoms with Gasteiger partial charge in [0.25, 0.3) is 0 Å². The number of carbonyl (C=O) groups is 1. The van der Waals surface area contributed by atoms with Crippen molar-refractivity contribution in [3.63, 3.8) is 0 Å². The van der Waals surface area contributed by atoms with E-state index in [2.05, 4.69) is 19.9 Å². The molecule has 0 N–H and O–H groups in total. The number of carbonyl (C=O) groups excluding carboxylic acids is 1. The second-order valence-electron chi connectivity index (χ2n) is 4.99. The van der Waals surface area contributed by atoms with E-state index in [-0.39, 0.29) is 19.3 Å². The van der Waals surface area contributed by atoms with Crippen LogP contribution < -0.4 is 4.46 Å². The van der Waals surface area contributed by atoms with Crippen LogP contribution >= 0.6 is 11.6 Å². The molecular weight excluding hydrogens is 311 g/mol. The van der Waals surface area contributed by atoms with Crippen LogP contribution in [0.5, 0.6) is 0 Å². The van der Waals surface area contributed by atoms with Crippen LogP contribution in [0.15, 0.2) is 35.9 Å². The first-order valence-corrected chi connectivity index (χ1v) is 8.21. The number of halogens is 1. The van der Waals surface area contributed by atoms with Crippen LogP contribution in [0.1, 0.15) is 26.7 Å². The van der Waals surface area contributed by atoms with Crippen LogP contribution in [0.4, 0.5) is 0 Å². The first-order valence-electron chi connectivity index (χ1n) is 6.12. The molecule has 2 rings (SSSR count). The summed E-state index contributed by atoms with van der Waals surface area (Å²) in [6, 6.07) is 7.92. The Hall–Kier alpha value is -0.561. The maximum absolute atomic E-state index is 11.7. The van der Waals surface area contributed by atoms with Crippen molar-refractivity contribution in [2.45, 2.75) is 31.0 Å². The molecule has 0 fully saturated rings. The zero-order valence-electron chi connectivity index (χ0n) is 10.7. The van der Waals surface area contributed by atoms with Gasteiger partial charge in [-0.15, -0.1) is 0 Å². The number of aldehydes is 1. The zero-order chi connectivity index (χ0) is 13.2. The Balaban J connectivity index is 2.25. The van der Waals surface area contributed by atoms with Crippen molar-refractivity contribution in [2.24, 2.45) is 5.92 Å². The van der Waals surface area contributed by atoms with Gasteiger partial charge in [-0.05, 0) is 0 Å². The Kier molecular flexibility index (Phi) is 4.32. The van der Waals surface area contributed by atoms with Crippen LogP contribution in [0.3, 0.4) is 0 Å². The molecule has 0 heterocycles. The normalized spacial score (nSPS) is 27.7. The molecule has 0 radical (unpaired) electrons. The molecule has 0 bridgehead atoms. The molecule has 96 valence electrons. The SMILES string of the molecule is CC1=CC[C@H](C)[C@](C=O)([Se]c2ccc(Cl)cc2)C1. The number of hydrogen-bond acceptors (Lipinski definition) is 1. The standard InChI is InChI=1S/C15H17ClOSe/c1-11-3-4-12(2)15(9-11,10-17)18-14-7-5-13(16)6-8-14/h3,5-8,10,12H,4,9H2,1-2H3/t12-,15-/m0/s1. The van der Waals surface area contributed by atoms with E-state index in [1.54, 1.807) is 0 Å². The Morgan fingerprint density at radius 3 is 2.67 bits per heavy atom. The van der Waals surface area contributed by atoms with Gasteiger partial charge in [0.1, 0.15) is 0 Å². The molecule has 1 aromatic rings. The van der Waals surface area contributed by atoms with Crippen molar-refractivity contribution in [3.8, 4) is 0 Å². The molecule has 0 saturated carbocycles. The Bertz CT molecular complexity index is 466. The minimum absolute atomic E-state index is 0.161. The summed E-state index contributed by atoms with van der Waals surface area (Å²) in [5.41, 5.74) is 1.34. The molecule has 0 amide bonds. The molecule has 1 aliphatic carbocycles. The predicted molar refractivity (Wildman–Crippen MR) is 77.8 cm³/mol. The molecule has 0 aliphatic heterocycles. The van der Waals surface area contributed by atoms with Crippen molar-refractivity contribution in [1.82, 2.24) is 0 Å². The van der Waals surface area contributed by atoms with Gasteiger partial charge in [-0.2, -0.15) is 0 Å². The van der Waals surface area contributed by atoms with Gasteiger partial charge < -0.3 is 0 Å². The zero-order valence-corrected chi connectivity index (χ0v) is 13.1. The summed E-state index contributed by atoms with van der Waals surface area (Å²) in [5.74, 6) is 0.425. The fraction of sp³-hybridized carbons (Fsp3) is 0.400. The average Bonchev–Trinajstić information content (AvgIpc) is 2.37. The quantitative estimate of drug-likeness (QED) is 0.472. The third-order valence-electron chi connectivity index (χ3n) is 3.53. The first kappa shape index (κ1) is 13.9. The Morgan fingerprint density at radius 1 is 1.39 bits per heavy atom. The summed E-state index contributed by atoms with van der Waals surface area (Å²) in [7, 11) is 0. The molecule has 2 atom stereocenters. The van der Waals surface area contributed by atoms with E-state index >= 15 is 0 Å². The van der Waals surface area contributed by atoms with Crippen molar-refractivity contribution in [1.29, 1.82) is 0 Å². The summed E-state index contributed by atoms with van der Waals surface area (Å²) in [4.78, 5) is 11.7. The molecule has 0 aromatic heterocycles. The third kappa shape index (κ3) is 2.88. The van der Waals surface area contributed by atoms with Gasteiger partial charge >= 0.3 is 120 Å². The van der Waals surface area contributed by atoms with Gasteiger partial charge in [0.2, 0.25) is 0 Å². The van der Waals surface area contributed by atoms with Gasteiger partial charge in [0, 0.05) is 0 Å². The van der Waals surface area contributed by atoms with Crippen molar-refractivity contribution in [2.75, 3.05) is 0 Å². The van der Waals surface area contributed by atoms with Crippen LogP contribution in [0.25, 0.3) is 0 Å². The number of allylic oxidation sites excluding steroid dienone is 2. The molecule has 1 aromatic carbocycles. The predicted octanol–water partition coefficient (Wildman–Crippen LogP) is 3.40. The Morgan fingerprint density at radius 2 is 2.06 bits per heavy atom.